The van der Waals surface area contributed by atoms with Gasteiger partial charge in [0.1, 0.15) is 11.9 Å². The predicted octanol–water partition coefficient (Wildman–Crippen LogP) is 3.64. The van der Waals surface area contributed by atoms with Crippen molar-refractivity contribution in [2.75, 3.05) is 28.7 Å². The molecular weight excluding hydrogens is 424 g/mol. The van der Waals surface area contributed by atoms with Crippen LogP contribution >= 0.6 is 11.3 Å². The van der Waals surface area contributed by atoms with Crippen LogP contribution in [0.5, 0.6) is 0 Å². The lowest BCUT2D eigenvalue weighted by molar-refractivity contribution is -0.119. The highest BCUT2D eigenvalue weighted by Gasteiger charge is 2.36. The molecule has 5 rings (SSSR count). The van der Waals surface area contributed by atoms with E-state index in [2.05, 4.69) is 39.2 Å². The number of aromatic amines is 1. The van der Waals surface area contributed by atoms with Crippen LogP contribution in [-0.2, 0) is 17.6 Å². The van der Waals surface area contributed by atoms with E-state index in [1.165, 1.54) is 11.3 Å². The quantitative estimate of drug-likeness (QED) is 0.588. The van der Waals surface area contributed by atoms with Crippen LogP contribution in [0.15, 0.2) is 17.6 Å². The number of anilines is 4. The fourth-order valence-corrected chi connectivity index (χ4v) is 5.04. The van der Waals surface area contributed by atoms with Crippen LogP contribution in [0.3, 0.4) is 0 Å². The average Bonchev–Trinajstić information content (AvgIpc) is 3.58. The van der Waals surface area contributed by atoms with Crippen LogP contribution in [0.2, 0.25) is 0 Å². The summed E-state index contributed by atoms with van der Waals surface area (Å²) in [6.45, 7) is 5.02. The van der Waals surface area contributed by atoms with Crippen LogP contribution in [0.25, 0.3) is 0 Å². The third-order valence-corrected chi connectivity index (χ3v) is 7.07. The number of hydrogen-bond donors (Lipinski definition) is 2. The molecule has 1 atom stereocenters. The van der Waals surface area contributed by atoms with E-state index >= 15 is 0 Å². The van der Waals surface area contributed by atoms with Crippen molar-refractivity contribution in [1.29, 1.82) is 0 Å². The summed E-state index contributed by atoms with van der Waals surface area (Å²) in [6.07, 6.45) is 6.39. The van der Waals surface area contributed by atoms with Crippen LogP contribution in [0.4, 0.5) is 22.7 Å². The highest BCUT2D eigenvalue weighted by atomic mass is 32.1. The third kappa shape index (κ3) is 3.83. The topological polar surface area (TPSA) is 103 Å². The number of carbonyl (C=O) groups excluding carboxylic acids is 1. The Morgan fingerprint density at radius 3 is 2.94 bits per heavy atom. The SMILES string of the molecule is CC(C)c1cc(Nc2nc(N3CCC[C@H]3C(=O)N(C)c3nccs3)nc3c2CCC3)n[nH]1. The molecule has 3 aromatic rings. The van der Waals surface area contributed by atoms with Gasteiger partial charge in [-0.05, 0) is 38.0 Å². The van der Waals surface area contributed by atoms with Gasteiger partial charge in [-0.2, -0.15) is 10.1 Å². The van der Waals surface area contributed by atoms with Gasteiger partial charge in [-0.25, -0.2) is 9.97 Å². The smallest absolute Gasteiger partial charge is 0.251 e. The molecule has 0 spiro atoms. The third-order valence-electron chi connectivity index (χ3n) is 6.22. The summed E-state index contributed by atoms with van der Waals surface area (Å²) < 4.78 is 0. The van der Waals surface area contributed by atoms with E-state index < -0.39 is 0 Å². The zero-order valence-electron chi connectivity index (χ0n) is 18.6. The van der Waals surface area contributed by atoms with Gasteiger partial charge in [-0.15, -0.1) is 11.3 Å². The fourth-order valence-electron chi connectivity index (χ4n) is 4.43. The molecular formula is C22H28N8OS. The molecule has 0 aromatic carbocycles. The Kier molecular flexibility index (Phi) is 5.54. The first-order valence-electron chi connectivity index (χ1n) is 11.2. The highest BCUT2D eigenvalue weighted by molar-refractivity contribution is 7.13. The Morgan fingerprint density at radius 2 is 2.19 bits per heavy atom. The molecule has 9 nitrogen and oxygen atoms in total. The number of aromatic nitrogens is 5. The molecule has 2 aliphatic rings. The van der Waals surface area contributed by atoms with E-state index in [1.54, 1.807) is 18.1 Å². The maximum absolute atomic E-state index is 13.3. The van der Waals surface area contributed by atoms with Gasteiger partial charge in [0.15, 0.2) is 10.9 Å². The van der Waals surface area contributed by atoms with Gasteiger partial charge < -0.3 is 10.2 Å². The summed E-state index contributed by atoms with van der Waals surface area (Å²) >= 11 is 1.46. The normalized spacial score (nSPS) is 17.8. The molecule has 0 saturated carbocycles. The van der Waals surface area contributed by atoms with E-state index in [9.17, 15) is 4.79 Å². The van der Waals surface area contributed by atoms with Crippen molar-refractivity contribution in [2.45, 2.75) is 57.9 Å². The van der Waals surface area contributed by atoms with Crippen molar-refractivity contribution in [3.63, 3.8) is 0 Å². The summed E-state index contributed by atoms with van der Waals surface area (Å²) in [5.74, 6) is 2.58. The van der Waals surface area contributed by atoms with Crippen molar-refractivity contribution in [1.82, 2.24) is 25.1 Å². The second-order valence-electron chi connectivity index (χ2n) is 8.70. The Hall–Kier alpha value is -3.01. The largest absolute Gasteiger partial charge is 0.329 e. The van der Waals surface area contributed by atoms with E-state index in [1.807, 2.05) is 11.4 Å². The number of nitrogens with one attached hydrogen (secondary N) is 2. The second-order valence-corrected chi connectivity index (χ2v) is 9.58. The number of hydrogen-bond acceptors (Lipinski definition) is 8. The lowest BCUT2D eigenvalue weighted by Crippen LogP contribution is -2.45. The Balaban J connectivity index is 1.44. The summed E-state index contributed by atoms with van der Waals surface area (Å²) in [5.41, 5.74) is 3.31. The summed E-state index contributed by atoms with van der Waals surface area (Å²) in [7, 11) is 1.79. The van der Waals surface area contributed by atoms with Crippen molar-refractivity contribution < 1.29 is 4.79 Å². The minimum atomic E-state index is -0.283. The van der Waals surface area contributed by atoms with Gasteiger partial charge in [0.2, 0.25) is 5.95 Å². The maximum Gasteiger partial charge on any atom is 0.251 e. The summed E-state index contributed by atoms with van der Waals surface area (Å²) in [5, 5.41) is 13.5. The molecule has 1 aliphatic carbocycles. The minimum Gasteiger partial charge on any atom is -0.329 e. The van der Waals surface area contributed by atoms with Gasteiger partial charge in [0, 0.05) is 42.5 Å². The highest BCUT2D eigenvalue weighted by Crippen LogP contribution is 2.33. The molecule has 32 heavy (non-hydrogen) atoms. The molecule has 2 N–H and O–H groups in total. The molecule has 1 saturated heterocycles. The van der Waals surface area contributed by atoms with Crippen molar-refractivity contribution in [2.24, 2.45) is 0 Å². The monoisotopic (exact) mass is 452 g/mol. The molecule has 1 aliphatic heterocycles. The first-order valence-corrected chi connectivity index (χ1v) is 12.0. The van der Waals surface area contributed by atoms with Crippen molar-refractivity contribution >= 4 is 40.0 Å². The van der Waals surface area contributed by atoms with E-state index in [0.717, 1.165) is 67.2 Å². The van der Waals surface area contributed by atoms with E-state index in [0.29, 0.717) is 17.0 Å². The molecule has 0 radical (unpaired) electrons. The summed E-state index contributed by atoms with van der Waals surface area (Å²) in [4.78, 5) is 31.0. The second kappa shape index (κ2) is 8.50. The number of likely N-dealkylation sites (N-methyl/N-ethyl adjacent to an activating group) is 1. The number of carbonyl (C=O) groups is 1. The predicted molar refractivity (Wildman–Crippen MR) is 126 cm³/mol. The molecule has 0 unspecified atom stereocenters. The van der Waals surface area contributed by atoms with Gasteiger partial charge in [-0.3, -0.25) is 14.8 Å². The zero-order valence-corrected chi connectivity index (χ0v) is 19.4. The van der Waals surface area contributed by atoms with Gasteiger partial charge >= 0.3 is 0 Å². The lowest BCUT2D eigenvalue weighted by atomic mass is 10.1. The molecule has 10 heteroatoms. The van der Waals surface area contributed by atoms with Crippen LogP contribution in [0, 0.1) is 0 Å². The minimum absolute atomic E-state index is 0.0323. The van der Waals surface area contributed by atoms with Crippen LogP contribution in [0.1, 0.15) is 56.0 Å². The number of rotatable bonds is 6. The average molecular weight is 453 g/mol. The molecule has 1 amide bonds. The molecule has 168 valence electrons. The number of amides is 1. The number of H-pyrrole nitrogens is 1. The van der Waals surface area contributed by atoms with Gasteiger partial charge in [0.05, 0.1) is 5.69 Å². The lowest BCUT2D eigenvalue weighted by Gasteiger charge is -2.27. The number of aryl methyl sites for hydroxylation is 1. The van der Waals surface area contributed by atoms with Crippen molar-refractivity contribution in [3.05, 3.63) is 34.6 Å². The van der Waals surface area contributed by atoms with Crippen LogP contribution in [-0.4, -0.2) is 50.7 Å². The van der Waals surface area contributed by atoms with Gasteiger partial charge in [0.25, 0.3) is 5.91 Å². The Labute approximate surface area is 191 Å². The number of nitrogens with zero attached hydrogens (tertiary/aromatic N) is 6. The van der Waals surface area contributed by atoms with Gasteiger partial charge in [-0.1, -0.05) is 13.8 Å². The maximum atomic E-state index is 13.3. The standard InChI is InChI=1S/C22H28N8OS/c1-13(2)16-12-18(28-27-16)25-19-14-6-4-7-15(14)24-21(26-19)30-10-5-8-17(30)20(31)29(3)22-23-9-11-32-22/h9,11-13,17H,4-8,10H2,1-3H3,(H2,24,25,26,27,28)/t17-/m0/s1. The number of thiazole rings is 1. The first-order chi connectivity index (χ1) is 15.5. The van der Waals surface area contributed by atoms with E-state index in [-0.39, 0.29) is 11.9 Å². The Morgan fingerprint density at radius 1 is 1.31 bits per heavy atom. The van der Waals surface area contributed by atoms with Crippen molar-refractivity contribution in [3.8, 4) is 0 Å². The molecule has 3 aromatic heterocycles. The van der Waals surface area contributed by atoms with E-state index in [4.69, 9.17) is 9.97 Å². The summed E-state index contributed by atoms with van der Waals surface area (Å²) in [6, 6.07) is 1.74. The molecule has 0 bridgehead atoms. The Bertz CT molecular complexity index is 1110. The first kappa shape index (κ1) is 20.9. The zero-order chi connectivity index (χ0) is 22.2. The molecule has 1 fully saturated rings. The van der Waals surface area contributed by atoms with Crippen LogP contribution < -0.4 is 15.1 Å². The fraction of sp³-hybridized carbons (Fsp3) is 0.500. The number of fused-ring (bicyclic) bond motifs is 1. The molecule has 4 heterocycles.